The van der Waals surface area contributed by atoms with Gasteiger partial charge in [0.15, 0.2) is 9.84 Å². The summed E-state index contributed by atoms with van der Waals surface area (Å²) < 4.78 is 26.0. The molecule has 24 heavy (non-hydrogen) atoms. The predicted molar refractivity (Wildman–Crippen MR) is 101 cm³/mol. The van der Waals surface area contributed by atoms with Crippen LogP contribution in [0.15, 0.2) is 57.9 Å². The smallest absolute Gasteiger partial charge is 0.179 e. The first-order valence-electron chi connectivity index (χ1n) is 8.24. The molecule has 0 aliphatic heterocycles. The van der Waals surface area contributed by atoms with E-state index in [2.05, 4.69) is 45.1 Å². The summed E-state index contributed by atoms with van der Waals surface area (Å²) in [6.45, 7) is 0.539. The Labute approximate surface area is 152 Å². The highest BCUT2D eigenvalue weighted by molar-refractivity contribution is 9.10. The van der Waals surface area contributed by atoms with Crippen molar-refractivity contribution in [2.75, 3.05) is 19.3 Å². The zero-order chi connectivity index (χ0) is 17.2. The summed E-state index contributed by atoms with van der Waals surface area (Å²) in [5, 5.41) is 0. The van der Waals surface area contributed by atoms with Crippen molar-refractivity contribution in [3.05, 3.63) is 64.1 Å². The lowest BCUT2D eigenvalue weighted by Gasteiger charge is -2.33. The molecule has 0 radical (unpaired) electrons. The molecule has 5 heteroatoms. The number of fused-ring (bicyclic) bond motifs is 1. The molecule has 0 saturated carbocycles. The van der Waals surface area contributed by atoms with E-state index in [0.29, 0.717) is 17.5 Å². The van der Waals surface area contributed by atoms with E-state index in [4.69, 9.17) is 0 Å². The lowest BCUT2D eigenvalue weighted by atomic mass is 9.87. The highest BCUT2D eigenvalue weighted by atomic mass is 79.9. The zero-order valence-corrected chi connectivity index (χ0v) is 16.2. The van der Waals surface area contributed by atoms with Crippen molar-refractivity contribution < 1.29 is 8.42 Å². The fraction of sp³-hybridized carbons (Fsp3) is 0.368. The van der Waals surface area contributed by atoms with E-state index in [1.54, 1.807) is 24.3 Å². The van der Waals surface area contributed by atoms with Gasteiger partial charge in [-0.3, -0.25) is 4.90 Å². The van der Waals surface area contributed by atoms with Gasteiger partial charge in [-0.2, -0.15) is 0 Å². The Bertz CT molecular complexity index is 802. The molecule has 0 bridgehead atoms. The quantitative estimate of drug-likeness (QED) is 0.743. The molecule has 1 atom stereocenters. The van der Waals surface area contributed by atoms with Gasteiger partial charge in [0.1, 0.15) is 0 Å². The van der Waals surface area contributed by atoms with Crippen LogP contribution in [-0.2, 0) is 16.3 Å². The average molecular weight is 408 g/mol. The van der Waals surface area contributed by atoms with Crippen LogP contribution < -0.4 is 0 Å². The SMILES string of the molecule is CN(CCS(=O)(=O)c1ccc(Br)cc1)C1CCCc2ccccc21. The van der Waals surface area contributed by atoms with Gasteiger partial charge in [-0.1, -0.05) is 40.2 Å². The van der Waals surface area contributed by atoms with E-state index in [1.165, 1.54) is 11.1 Å². The van der Waals surface area contributed by atoms with Crippen LogP contribution in [0.4, 0.5) is 0 Å². The number of hydrogen-bond acceptors (Lipinski definition) is 3. The molecule has 0 spiro atoms. The van der Waals surface area contributed by atoms with Gasteiger partial charge in [-0.25, -0.2) is 8.42 Å². The second-order valence-electron chi connectivity index (χ2n) is 6.36. The molecular formula is C19H22BrNO2S. The molecule has 1 aliphatic carbocycles. The molecular weight excluding hydrogens is 386 g/mol. The number of hydrogen-bond donors (Lipinski definition) is 0. The summed E-state index contributed by atoms with van der Waals surface area (Å²) >= 11 is 3.34. The van der Waals surface area contributed by atoms with Crippen molar-refractivity contribution in [2.45, 2.75) is 30.2 Å². The minimum Gasteiger partial charge on any atom is -0.298 e. The molecule has 0 saturated heterocycles. The minimum absolute atomic E-state index is 0.143. The normalized spacial score (nSPS) is 17.7. The van der Waals surface area contributed by atoms with Crippen molar-refractivity contribution in [1.29, 1.82) is 0 Å². The molecule has 0 amide bonds. The van der Waals surface area contributed by atoms with E-state index < -0.39 is 9.84 Å². The van der Waals surface area contributed by atoms with Gasteiger partial charge in [0.05, 0.1) is 10.6 Å². The molecule has 2 aromatic rings. The number of nitrogens with zero attached hydrogens (tertiary/aromatic N) is 1. The van der Waals surface area contributed by atoms with Crippen LogP contribution in [0, 0.1) is 0 Å². The van der Waals surface area contributed by atoms with Gasteiger partial charge < -0.3 is 0 Å². The first kappa shape index (κ1) is 17.6. The average Bonchev–Trinajstić information content (AvgIpc) is 2.59. The summed E-state index contributed by atoms with van der Waals surface area (Å²) in [6.07, 6.45) is 3.37. The van der Waals surface area contributed by atoms with Crippen molar-refractivity contribution in [3.8, 4) is 0 Å². The van der Waals surface area contributed by atoms with Crippen LogP contribution in [-0.4, -0.2) is 32.7 Å². The van der Waals surface area contributed by atoms with Gasteiger partial charge in [0.25, 0.3) is 0 Å². The number of rotatable bonds is 5. The lowest BCUT2D eigenvalue weighted by Crippen LogP contribution is -2.32. The third kappa shape index (κ3) is 3.90. The monoisotopic (exact) mass is 407 g/mol. The van der Waals surface area contributed by atoms with Crippen molar-refractivity contribution in [1.82, 2.24) is 4.90 Å². The minimum atomic E-state index is -3.25. The first-order valence-corrected chi connectivity index (χ1v) is 10.7. The lowest BCUT2D eigenvalue weighted by molar-refractivity contribution is 0.233. The Balaban J connectivity index is 1.70. The van der Waals surface area contributed by atoms with E-state index >= 15 is 0 Å². The summed E-state index contributed by atoms with van der Waals surface area (Å²) in [5.74, 6) is 0.143. The molecule has 1 unspecified atom stereocenters. The Hall–Kier alpha value is -1.17. The molecule has 0 heterocycles. The van der Waals surface area contributed by atoms with Gasteiger partial charge in [0.2, 0.25) is 0 Å². The fourth-order valence-corrected chi connectivity index (χ4v) is 4.95. The Kier molecular flexibility index (Phi) is 5.42. The zero-order valence-electron chi connectivity index (χ0n) is 13.8. The predicted octanol–water partition coefficient (Wildman–Crippen LogP) is 4.23. The topological polar surface area (TPSA) is 37.4 Å². The van der Waals surface area contributed by atoms with Crippen LogP contribution in [0.1, 0.15) is 30.0 Å². The number of sulfone groups is 1. The Morgan fingerprint density at radius 1 is 1.12 bits per heavy atom. The van der Waals surface area contributed by atoms with E-state index in [0.717, 1.165) is 23.7 Å². The standard InChI is InChI=1S/C19H22BrNO2S/c1-21(19-8-4-6-15-5-2-3-7-18(15)19)13-14-24(22,23)17-11-9-16(20)10-12-17/h2-3,5,7,9-12,19H,4,6,8,13-14H2,1H3. The maximum absolute atomic E-state index is 12.5. The Morgan fingerprint density at radius 2 is 1.83 bits per heavy atom. The molecule has 0 N–H and O–H groups in total. The molecule has 0 aromatic heterocycles. The third-order valence-electron chi connectivity index (χ3n) is 4.76. The van der Waals surface area contributed by atoms with Crippen molar-refractivity contribution >= 4 is 25.8 Å². The summed E-state index contributed by atoms with van der Waals surface area (Å²) in [4.78, 5) is 2.58. The van der Waals surface area contributed by atoms with Gasteiger partial charge in [0, 0.05) is 17.1 Å². The van der Waals surface area contributed by atoms with Gasteiger partial charge in [-0.05, 0) is 61.7 Å². The van der Waals surface area contributed by atoms with Crippen LogP contribution in [0.3, 0.4) is 0 Å². The highest BCUT2D eigenvalue weighted by Crippen LogP contribution is 2.33. The third-order valence-corrected chi connectivity index (χ3v) is 6.99. The number of halogens is 1. The van der Waals surface area contributed by atoms with Crippen LogP contribution in [0.25, 0.3) is 0 Å². The molecule has 0 fully saturated rings. The van der Waals surface area contributed by atoms with Crippen molar-refractivity contribution in [3.63, 3.8) is 0 Å². The Morgan fingerprint density at radius 3 is 2.58 bits per heavy atom. The highest BCUT2D eigenvalue weighted by Gasteiger charge is 2.24. The molecule has 128 valence electrons. The second-order valence-corrected chi connectivity index (χ2v) is 9.39. The van der Waals surface area contributed by atoms with Crippen LogP contribution in [0.2, 0.25) is 0 Å². The van der Waals surface area contributed by atoms with Gasteiger partial charge in [-0.15, -0.1) is 0 Å². The largest absolute Gasteiger partial charge is 0.298 e. The first-order chi connectivity index (χ1) is 11.5. The maximum Gasteiger partial charge on any atom is 0.179 e. The molecule has 2 aromatic carbocycles. The molecule has 1 aliphatic rings. The number of aryl methyl sites for hydroxylation is 1. The molecule has 3 rings (SSSR count). The number of benzene rings is 2. The second kappa shape index (κ2) is 7.38. The summed E-state index contributed by atoms with van der Waals surface area (Å²) in [6, 6.07) is 15.7. The maximum atomic E-state index is 12.5. The summed E-state index contributed by atoms with van der Waals surface area (Å²) in [5.41, 5.74) is 2.75. The molecule has 3 nitrogen and oxygen atoms in total. The summed E-state index contributed by atoms with van der Waals surface area (Å²) in [7, 11) is -1.22. The van der Waals surface area contributed by atoms with E-state index in [1.807, 2.05) is 7.05 Å². The van der Waals surface area contributed by atoms with Crippen LogP contribution >= 0.6 is 15.9 Å². The van der Waals surface area contributed by atoms with Crippen LogP contribution in [0.5, 0.6) is 0 Å². The van der Waals surface area contributed by atoms with E-state index in [-0.39, 0.29) is 5.75 Å². The van der Waals surface area contributed by atoms with Gasteiger partial charge >= 0.3 is 0 Å². The fourth-order valence-electron chi connectivity index (χ4n) is 3.37. The van der Waals surface area contributed by atoms with Crippen molar-refractivity contribution in [2.24, 2.45) is 0 Å². The van der Waals surface area contributed by atoms with E-state index in [9.17, 15) is 8.42 Å².